The first kappa shape index (κ1) is 17.9. The van der Waals surface area contributed by atoms with Crippen molar-refractivity contribution >= 4 is 14.0 Å². The number of carboxylic acids is 1. The third-order valence-corrected chi connectivity index (χ3v) is 4.74. The number of aromatic nitrogens is 2. The molecular weight excluding hydrogens is 288 g/mol. The summed E-state index contributed by atoms with van der Waals surface area (Å²) in [6, 6.07) is 1.07. The SMILES string of the molecule is CCOC(C)c1nc(C(=O)O)cn1COCC[Si](C)(C)C. The molecule has 1 heterocycles. The fourth-order valence-corrected chi connectivity index (χ4v) is 2.58. The largest absolute Gasteiger partial charge is 0.476 e. The lowest BCUT2D eigenvalue weighted by Crippen LogP contribution is -2.22. The van der Waals surface area contributed by atoms with Gasteiger partial charge in [0.2, 0.25) is 0 Å². The van der Waals surface area contributed by atoms with Crippen molar-refractivity contribution in [1.82, 2.24) is 9.55 Å². The van der Waals surface area contributed by atoms with Gasteiger partial charge in [-0.25, -0.2) is 9.78 Å². The predicted molar refractivity (Wildman–Crippen MR) is 83.3 cm³/mol. The maximum atomic E-state index is 11.1. The van der Waals surface area contributed by atoms with Crippen LogP contribution in [0.2, 0.25) is 25.7 Å². The van der Waals surface area contributed by atoms with E-state index in [0.29, 0.717) is 25.8 Å². The molecule has 0 radical (unpaired) electrons. The van der Waals surface area contributed by atoms with E-state index in [-0.39, 0.29) is 11.8 Å². The highest BCUT2D eigenvalue weighted by atomic mass is 28.3. The minimum absolute atomic E-state index is 0.0188. The van der Waals surface area contributed by atoms with E-state index in [1.807, 2.05) is 13.8 Å². The highest BCUT2D eigenvalue weighted by Crippen LogP contribution is 2.17. The molecule has 0 aliphatic heterocycles. The minimum atomic E-state index is -1.12. The van der Waals surface area contributed by atoms with Gasteiger partial charge in [-0.3, -0.25) is 0 Å². The first-order chi connectivity index (χ1) is 9.74. The van der Waals surface area contributed by atoms with E-state index in [9.17, 15) is 4.79 Å². The number of carbonyl (C=O) groups is 1. The number of hydrogen-bond acceptors (Lipinski definition) is 4. The first-order valence-corrected chi connectivity index (χ1v) is 10.9. The second kappa shape index (κ2) is 7.72. The molecule has 120 valence electrons. The number of hydrogen-bond donors (Lipinski definition) is 1. The van der Waals surface area contributed by atoms with Crippen LogP contribution >= 0.6 is 0 Å². The van der Waals surface area contributed by atoms with E-state index < -0.39 is 14.0 Å². The Labute approximate surface area is 127 Å². The van der Waals surface area contributed by atoms with Crippen molar-refractivity contribution < 1.29 is 19.4 Å². The zero-order chi connectivity index (χ0) is 16.0. The Kier molecular flexibility index (Phi) is 6.57. The van der Waals surface area contributed by atoms with E-state index in [4.69, 9.17) is 14.6 Å². The van der Waals surface area contributed by atoms with Crippen molar-refractivity contribution in [2.24, 2.45) is 0 Å². The summed E-state index contributed by atoms with van der Waals surface area (Å²) in [5, 5.41) is 9.06. The van der Waals surface area contributed by atoms with Gasteiger partial charge in [-0.15, -0.1) is 0 Å². The average Bonchev–Trinajstić information content (AvgIpc) is 2.78. The topological polar surface area (TPSA) is 73.6 Å². The number of carboxylic acid groups (broad SMARTS) is 1. The number of ether oxygens (including phenoxy) is 2. The highest BCUT2D eigenvalue weighted by Gasteiger charge is 2.19. The van der Waals surface area contributed by atoms with Gasteiger partial charge < -0.3 is 19.1 Å². The van der Waals surface area contributed by atoms with Gasteiger partial charge in [0.15, 0.2) is 5.69 Å². The van der Waals surface area contributed by atoms with Crippen LogP contribution in [0, 0.1) is 0 Å². The maximum absolute atomic E-state index is 11.1. The summed E-state index contributed by atoms with van der Waals surface area (Å²) in [6.07, 6.45) is 1.24. The Hall–Kier alpha value is -1.18. The molecule has 1 rings (SSSR count). The van der Waals surface area contributed by atoms with Gasteiger partial charge in [-0.05, 0) is 19.9 Å². The molecular formula is C14H26N2O4Si. The van der Waals surface area contributed by atoms with Crippen LogP contribution in [0.25, 0.3) is 0 Å². The van der Waals surface area contributed by atoms with E-state index >= 15 is 0 Å². The molecule has 0 aliphatic carbocycles. The van der Waals surface area contributed by atoms with Crippen LogP contribution in [0.5, 0.6) is 0 Å². The second-order valence-electron chi connectivity index (χ2n) is 6.20. The zero-order valence-electron chi connectivity index (χ0n) is 13.5. The minimum Gasteiger partial charge on any atom is -0.476 e. The number of rotatable bonds is 9. The molecule has 0 aliphatic rings. The molecule has 1 atom stereocenters. The van der Waals surface area contributed by atoms with Crippen LogP contribution in [-0.2, 0) is 16.2 Å². The normalized spacial score (nSPS) is 13.4. The Balaban J connectivity index is 2.72. The summed E-state index contributed by atoms with van der Waals surface area (Å²) in [7, 11) is -1.12. The van der Waals surface area contributed by atoms with Crippen molar-refractivity contribution in [3.8, 4) is 0 Å². The summed E-state index contributed by atoms with van der Waals surface area (Å²) in [5.74, 6) is -0.456. The molecule has 0 aromatic carbocycles. The van der Waals surface area contributed by atoms with Gasteiger partial charge in [0.25, 0.3) is 0 Å². The van der Waals surface area contributed by atoms with E-state index in [1.165, 1.54) is 6.20 Å². The third kappa shape index (κ3) is 5.99. The van der Waals surface area contributed by atoms with Gasteiger partial charge in [-0.2, -0.15) is 0 Å². The molecule has 1 aromatic heterocycles. The maximum Gasteiger partial charge on any atom is 0.356 e. The number of nitrogens with zero attached hydrogens (tertiary/aromatic N) is 2. The fourth-order valence-electron chi connectivity index (χ4n) is 1.83. The molecule has 21 heavy (non-hydrogen) atoms. The van der Waals surface area contributed by atoms with Gasteiger partial charge in [0.1, 0.15) is 18.7 Å². The van der Waals surface area contributed by atoms with Crippen LogP contribution in [0.1, 0.15) is 36.3 Å². The Bertz CT molecular complexity index is 468. The summed E-state index contributed by atoms with van der Waals surface area (Å²) in [4.78, 5) is 15.2. The lowest BCUT2D eigenvalue weighted by molar-refractivity contribution is 0.0485. The fraction of sp³-hybridized carbons (Fsp3) is 0.714. The molecule has 0 saturated carbocycles. The Morgan fingerprint density at radius 3 is 2.67 bits per heavy atom. The van der Waals surface area contributed by atoms with Crippen LogP contribution in [0.3, 0.4) is 0 Å². The smallest absolute Gasteiger partial charge is 0.356 e. The zero-order valence-corrected chi connectivity index (χ0v) is 14.5. The van der Waals surface area contributed by atoms with Crippen molar-refractivity contribution in [2.75, 3.05) is 13.2 Å². The van der Waals surface area contributed by atoms with Crippen molar-refractivity contribution in [3.63, 3.8) is 0 Å². The summed E-state index contributed by atoms with van der Waals surface area (Å²) < 4.78 is 12.9. The average molecular weight is 314 g/mol. The van der Waals surface area contributed by atoms with E-state index in [0.717, 1.165) is 6.04 Å². The summed E-state index contributed by atoms with van der Waals surface area (Å²) in [5.41, 5.74) is 0.0188. The molecule has 0 fully saturated rings. The molecule has 0 bridgehead atoms. The molecule has 0 saturated heterocycles. The van der Waals surface area contributed by atoms with Gasteiger partial charge in [0, 0.05) is 27.5 Å². The lowest BCUT2D eigenvalue weighted by Gasteiger charge is -2.17. The lowest BCUT2D eigenvalue weighted by atomic mass is 10.4. The molecule has 0 spiro atoms. The van der Waals surface area contributed by atoms with Gasteiger partial charge in [-0.1, -0.05) is 19.6 Å². The van der Waals surface area contributed by atoms with Gasteiger partial charge >= 0.3 is 5.97 Å². The Morgan fingerprint density at radius 2 is 2.14 bits per heavy atom. The van der Waals surface area contributed by atoms with Crippen LogP contribution in [-0.4, -0.2) is 41.9 Å². The molecule has 7 heteroatoms. The Morgan fingerprint density at radius 1 is 1.48 bits per heavy atom. The van der Waals surface area contributed by atoms with Crippen LogP contribution in [0.15, 0.2) is 6.20 Å². The third-order valence-electron chi connectivity index (χ3n) is 3.03. The monoisotopic (exact) mass is 314 g/mol. The van der Waals surface area contributed by atoms with Crippen LogP contribution in [0.4, 0.5) is 0 Å². The van der Waals surface area contributed by atoms with Crippen molar-refractivity contribution in [1.29, 1.82) is 0 Å². The molecule has 0 amide bonds. The highest BCUT2D eigenvalue weighted by molar-refractivity contribution is 6.76. The molecule has 6 nitrogen and oxygen atoms in total. The molecule has 1 unspecified atom stereocenters. The van der Waals surface area contributed by atoms with Crippen molar-refractivity contribution in [2.45, 2.75) is 52.4 Å². The summed E-state index contributed by atoms with van der Waals surface area (Å²) >= 11 is 0. The number of aromatic carboxylic acids is 1. The standard InChI is InChI=1S/C14H26N2O4Si/c1-6-20-11(2)13-15-12(14(17)18)9-16(13)10-19-7-8-21(3,4)5/h9,11H,6-8,10H2,1-5H3,(H,17,18). The van der Waals surface area contributed by atoms with Crippen LogP contribution < -0.4 is 0 Å². The van der Waals surface area contributed by atoms with E-state index in [1.54, 1.807) is 4.57 Å². The first-order valence-electron chi connectivity index (χ1n) is 7.24. The second-order valence-corrected chi connectivity index (χ2v) is 11.8. The molecule has 1 aromatic rings. The quantitative estimate of drug-likeness (QED) is 0.560. The van der Waals surface area contributed by atoms with E-state index in [2.05, 4.69) is 24.6 Å². The summed E-state index contributed by atoms with van der Waals surface area (Å²) in [6.45, 7) is 12.2. The van der Waals surface area contributed by atoms with Crippen molar-refractivity contribution in [3.05, 3.63) is 17.7 Å². The number of imidazole rings is 1. The predicted octanol–water partition coefficient (Wildman–Crippen LogP) is 2.99. The molecule has 1 N–H and O–H groups in total. The van der Waals surface area contributed by atoms with Gasteiger partial charge in [0.05, 0.1) is 0 Å².